The van der Waals surface area contributed by atoms with E-state index in [4.69, 9.17) is 9.47 Å². The Morgan fingerprint density at radius 3 is 2.63 bits per heavy atom. The van der Waals surface area contributed by atoms with Gasteiger partial charge < -0.3 is 19.8 Å². The fraction of sp³-hybridized carbons (Fsp3) is 0.310. The molecule has 0 unspecified atom stereocenters. The van der Waals surface area contributed by atoms with E-state index in [9.17, 15) is 0 Å². The van der Waals surface area contributed by atoms with E-state index in [2.05, 4.69) is 59.8 Å². The van der Waals surface area contributed by atoms with Crippen molar-refractivity contribution in [2.24, 2.45) is 4.99 Å². The highest BCUT2D eigenvalue weighted by molar-refractivity contribution is 5.80. The average Bonchev–Trinajstić information content (AvgIpc) is 3.27. The summed E-state index contributed by atoms with van der Waals surface area (Å²) in [5.74, 6) is 3.16. The monoisotopic (exact) mass is 474 g/mol. The Morgan fingerprint density at radius 2 is 1.94 bits per heavy atom. The van der Waals surface area contributed by atoms with Crippen molar-refractivity contribution >= 4 is 18.0 Å². The third-order valence-corrected chi connectivity index (χ3v) is 5.42. The number of H-pyrrole nitrogens is 1. The number of allylic oxidation sites excluding steroid dienone is 5. The van der Waals surface area contributed by atoms with Gasteiger partial charge in [0.05, 0.1) is 30.9 Å². The van der Waals surface area contributed by atoms with Crippen LogP contribution in [0.25, 0.3) is 12.2 Å². The molecule has 0 bridgehead atoms. The number of nitrogens with zero attached hydrogens (tertiary/aromatic N) is 2. The van der Waals surface area contributed by atoms with Crippen LogP contribution in [0.1, 0.15) is 57.4 Å². The average molecular weight is 475 g/mol. The molecule has 0 saturated heterocycles. The maximum atomic E-state index is 5.83. The Morgan fingerprint density at radius 1 is 1.14 bits per heavy atom. The maximum absolute atomic E-state index is 5.83. The number of aromatic amines is 1. The smallest absolute Gasteiger partial charge is 0.161 e. The molecule has 0 fully saturated rings. The van der Waals surface area contributed by atoms with Gasteiger partial charge in [-0.25, -0.2) is 4.98 Å². The number of imidazole rings is 1. The molecule has 0 atom stereocenters. The number of nitrogens with one attached hydrogen (secondary N) is 2. The van der Waals surface area contributed by atoms with E-state index in [0.717, 1.165) is 41.8 Å². The van der Waals surface area contributed by atoms with Crippen molar-refractivity contribution in [3.8, 4) is 11.5 Å². The van der Waals surface area contributed by atoms with Gasteiger partial charge in [-0.3, -0.25) is 4.99 Å². The normalized spacial score (nSPS) is 16.0. The minimum Gasteiger partial charge on any atom is -0.493 e. The molecule has 2 heterocycles. The number of rotatable bonds is 7. The summed E-state index contributed by atoms with van der Waals surface area (Å²) in [6.07, 6.45) is 14.7. The molecule has 1 aromatic heterocycles. The zero-order valence-electron chi connectivity index (χ0n) is 21.8. The van der Waals surface area contributed by atoms with E-state index in [1.165, 1.54) is 16.7 Å². The van der Waals surface area contributed by atoms with Crippen LogP contribution >= 0.6 is 0 Å². The Hall–Kier alpha value is -3.80. The molecule has 35 heavy (non-hydrogen) atoms. The minimum absolute atomic E-state index is 0.347. The second kappa shape index (κ2) is 14.5. The van der Waals surface area contributed by atoms with Crippen molar-refractivity contribution in [3.05, 3.63) is 89.2 Å². The first-order valence-electron chi connectivity index (χ1n) is 11.8. The Labute approximate surface area is 209 Å². The first-order valence-corrected chi connectivity index (χ1v) is 11.8. The summed E-state index contributed by atoms with van der Waals surface area (Å²) in [7, 11) is 1.65. The van der Waals surface area contributed by atoms with Crippen LogP contribution in [-0.4, -0.2) is 29.5 Å². The SMILES string of the molecule is C=Cc1nc(COc2ccc(CC)cc2OC)[nH]c1/C=C\C.CC1=CCN=C(C)N/C=C\C=C\1C. The summed E-state index contributed by atoms with van der Waals surface area (Å²) in [6.45, 7) is 15.1. The molecule has 0 spiro atoms. The number of aliphatic imine (C=N–C) groups is 1. The molecular formula is C29H38N4O2. The second-order valence-corrected chi connectivity index (χ2v) is 7.98. The molecule has 1 aliphatic rings. The van der Waals surface area contributed by atoms with Crippen molar-refractivity contribution in [2.45, 2.75) is 47.6 Å². The van der Waals surface area contributed by atoms with Crippen molar-refractivity contribution in [3.63, 3.8) is 0 Å². The number of amidine groups is 1. The Kier molecular flexibility index (Phi) is 11.3. The minimum atomic E-state index is 0.347. The molecule has 1 aromatic carbocycles. The van der Waals surface area contributed by atoms with E-state index in [1.807, 2.05) is 56.5 Å². The van der Waals surface area contributed by atoms with Crippen LogP contribution in [0, 0.1) is 0 Å². The van der Waals surface area contributed by atoms with E-state index in [1.54, 1.807) is 13.2 Å². The maximum Gasteiger partial charge on any atom is 0.161 e. The molecule has 186 valence electrons. The van der Waals surface area contributed by atoms with Gasteiger partial charge in [-0.1, -0.05) is 43.4 Å². The van der Waals surface area contributed by atoms with Gasteiger partial charge in [0.1, 0.15) is 12.4 Å². The first-order chi connectivity index (χ1) is 16.9. The molecule has 3 rings (SSSR count). The number of methoxy groups -OCH3 is 1. The quantitative estimate of drug-likeness (QED) is 0.471. The number of aromatic nitrogens is 2. The highest BCUT2D eigenvalue weighted by Gasteiger charge is 2.09. The van der Waals surface area contributed by atoms with Crippen molar-refractivity contribution in [2.75, 3.05) is 13.7 Å². The van der Waals surface area contributed by atoms with Gasteiger partial charge in [-0.2, -0.15) is 0 Å². The predicted molar refractivity (Wildman–Crippen MR) is 148 cm³/mol. The molecule has 0 amide bonds. The largest absolute Gasteiger partial charge is 0.493 e. The van der Waals surface area contributed by atoms with E-state index >= 15 is 0 Å². The fourth-order valence-corrected chi connectivity index (χ4v) is 3.19. The van der Waals surface area contributed by atoms with Crippen LogP contribution in [0.2, 0.25) is 0 Å². The molecule has 1 aliphatic heterocycles. The van der Waals surface area contributed by atoms with Crippen LogP contribution in [0.5, 0.6) is 11.5 Å². The predicted octanol–water partition coefficient (Wildman–Crippen LogP) is 6.65. The van der Waals surface area contributed by atoms with Crippen LogP contribution < -0.4 is 14.8 Å². The summed E-state index contributed by atoms with van der Waals surface area (Å²) in [6, 6.07) is 5.97. The lowest BCUT2D eigenvalue weighted by Gasteiger charge is -2.10. The zero-order chi connectivity index (χ0) is 25.6. The van der Waals surface area contributed by atoms with E-state index < -0.39 is 0 Å². The highest BCUT2D eigenvalue weighted by Crippen LogP contribution is 2.29. The third kappa shape index (κ3) is 8.81. The van der Waals surface area contributed by atoms with Crippen LogP contribution in [0.4, 0.5) is 0 Å². The lowest BCUT2D eigenvalue weighted by molar-refractivity contribution is 0.277. The molecule has 6 nitrogen and oxygen atoms in total. The lowest BCUT2D eigenvalue weighted by atomic mass is 10.1. The zero-order valence-corrected chi connectivity index (χ0v) is 21.8. The van der Waals surface area contributed by atoms with Crippen molar-refractivity contribution < 1.29 is 9.47 Å². The Bertz CT molecular complexity index is 1130. The number of ether oxygens (including phenoxy) is 2. The summed E-state index contributed by atoms with van der Waals surface area (Å²) in [5.41, 5.74) is 5.55. The molecule has 0 radical (unpaired) electrons. The summed E-state index contributed by atoms with van der Waals surface area (Å²) < 4.78 is 11.2. The number of hydrogen-bond donors (Lipinski definition) is 2. The topological polar surface area (TPSA) is 71.5 Å². The van der Waals surface area contributed by atoms with E-state index in [0.29, 0.717) is 12.4 Å². The van der Waals surface area contributed by atoms with Gasteiger partial charge in [-0.15, -0.1) is 0 Å². The van der Waals surface area contributed by atoms with Crippen LogP contribution in [-0.2, 0) is 13.0 Å². The molecule has 2 aromatic rings. The van der Waals surface area contributed by atoms with Gasteiger partial charge in [0.15, 0.2) is 11.5 Å². The number of hydrogen-bond acceptors (Lipinski definition) is 5. The van der Waals surface area contributed by atoms with Gasteiger partial charge in [-0.05, 0) is 75.6 Å². The van der Waals surface area contributed by atoms with Crippen LogP contribution in [0.15, 0.2) is 71.4 Å². The fourth-order valence-electron chi connectivity index (χ4n) is 3.19. The summed E-state index contributed by atoms with van der Waals surface area (Å²) >= 11 is 0. The first kappa shape index (κ1) is 27.4. The molecular weight excluding hydrogens is 436 g/mol. The van der Waals surface area contributed by atoms with Crippen LogP contribution in [0.3, 0.4) is 0 Å². The number of benzene rings is 1. The molecule has 0 aliphatic carbocycles. The van der Waals surface area contributed by atoms with Gasteiger partial charge in [0.2, 0.25) is 0 Å². The van der Waals surface area contributed by atoms with Gasteiger partial charge >= 0.3 is 0 Å². The van der Waals surface area contributed by atoms with Gasteiger partial charge in [0, 0.05) is 6.20 Å². The van der Waals surface area contributed by atoms with Crippen molar-refractivity contribution in [1.29, 1.82) is 0 Å². The third-order valence-electron chi connectivity index (χ3n) is 5.42. The molecule has 0 saturated carbocycles. The summed E-state index contributed by atoms with van der Waals surface area (Å²) in [4.78, 5) is 12.0. The highest BCUT2D eigenvalue weighted by atomic mass is 16.5. The standard InChI is InChI=1S/C18H22N2O2.C11H16N2/c1-5-8-15-14(7-3)19-18(20-15)12-22-16-10-9-13(6-2)11-17(16)21-4;1-9-5-4-7-12-11(3)13-8-6-10(9)2/h5,7-11H,3,6,12H2,1-2,4H3,(H,19,20);4-7H,8H2,1-3H3,(H,12,13)/b8-5-;7-4-,9-5+,10-6?. The second-order valence-electron chi connectivity index (χ2n) is 7.98. The van der Waals surface area contributed by atoms with E-state index in [-0.39, 0.29) is 0 Å². The summed E-state index contributed by atoms with van der Waals surface area (Å²) in [5, 5.41) is 3.08. The van der Waals surface area contributed by atoms with Gasteiger partial charge in [0.25, 0.3) is 0 Å². The number of aryl methyl sites for hydroxylation is 1. The Balaban J connectivity index is 0.000000283. The lowest BCUT2D eigenvalue weighted by Crippen LogP contribution is -2.13. The molecule has 2 N–H and O–H groups in total. The molecule has 6 heteroatoms. The van der Waals surface area contributed by atoms with Crippen molar-refractivity contribution in [1.82, 2.24) is 15.3 Å².